The third-order valence-corrected chi connectivity index (χ3v) is 10.5. The minimum absolute atomic E-state index is 0.0182. The fraction of sp³-hybridized carbons (Fsp3) is 0.441. The van der Waals surface area contributed by atoms with E-state index in [1.54, 1.807) is 15.9 Å². The first-order chi connectivity index (χ1) is 25.3. The van der Waals surface area contributed by atoms with E-state index in [0.717, 1.165) is 17.5 Å². The first kappa shape index (κ1) is 44.0. The summed E-state index contributed by atoms with van der Waals surface area (Å²) in [6.45, 7) is 5.36. The molecule has 0 unspecified atom stereocenters. The molecule has 2 heterocycles. The number of halogens is 5. The number of guanidine groups is 1. The highest BCUT2D eigenvalue weighted by molar-refractivity contribution is 7.89. The highest BCUT2D eigenvalue weighted by Gasteiger charge is 2.38. The predicted octanol–water partition coefficient (Wildman–Crippen LogP) is 4.62. The number of benzene rings is 2. The number of unbranched alkanes of at least 4 members (excludes halogenated alkanes) is 1. The Hall–Kier alpha value is -4.39. The number of carboxylic acid groups (broad SMARTS) is 1. The number of hydrogen-bond donors (Lipinski definition) is 4. The number of piperazine rings is 1. The number of fused-ring (bicyclic) bond motifs is 1. The van der Waals surface area contributed by atoms with Gasteiger partial charge in [-0.2, -0.15) is 17.9 Å². The van der Waals surface area contributed by atoms with E-state index in [9.17, 15) is 31.2 Å². The lowest BCUT2D eigenvalue weighted by atomic mass is 10.1. The lowest BCUT2D eigenvalue weighted by Crippen LogP contribution is -2.55. The Morgan fingerprint density at radius 2 is 1.69 bits per heavy atom. The molecule has 0 bridgehead atoms. The van der Waals surface area contributed by atoms with E-state index in [2.05, 4.69) is 14.7 Å². The van der Waals surface area contributed by atoms with Crippen LogP contribution in [0.2, 0.25) is 10.0 Å². The van der Waals surface area contributed by atoms with Gasteiger partial charge in [0.2, 0.25) is 21.8 Å². The molecule has 2 aromatic carbocycles. The van der Waals surface area contributed by atoms with Crippen molar-refractivity contribution in [1.82, 2.24) is 19.5 Å². The molecule has 4 rings (SSSR count). The molecule has 1 aliphatic rings. The van der Waals surface area contributed by atoms with Crippen molar-refractivity contribution in [2.45, 2.75) is 69.7 Å². The second-order valence-electron chi connectivity index (χ2n) is 12.1. The predicted molar refractivity (Wildman–Crippen MR) is 198 cm³/mol. The van der Waals surface area contributed by atoms with Gasteiger partial charge in [-0.3, -0.25) is 14.6 Å². The number of nitrogens with one attached hydrogen (secondary N) is 1. The summed E-state index contributed by atoms with van der Waals surface area (Å²) in [5.41, 5.74) is 12.4. The molecule has 0 aliphatic carbocycles. The summed E-state index contributed by atoms with van der Waals surface area (Å²) < 4.78 is 67.9. The number of aryl methyl sites for hydroxylation is 1. The van der Waals surface area contributed by atoms with E-state index in [0.29, 0.717) is 50.2 Å². The number of aliphatic imine (C=N–C) groups is 1. The number of carbonyl (C=O) groups excluding carboxylic acids is 2. The normalized spacial score (nSPS) is 13.8. The van der Waals surface area contributed by atoms with Crippen LogP contribution < -0.4 is 20.9 Å². The molecular weight excluding hydrogens is 778 g/mol. The number of ether oxygens (including phenoxy) is 1. The molecule has 54 heavy (non-hydrogen) atoms. The molecule has 0 radical (unpaired) electrons. The van der Waals surface area contributed by atoms with E-state index in [-0.39, 0.29) is 64.4 Å². The average molecular weight is 821 g/mol. The van der Waals surface area contributed by atoms with Crippen molar-refractivity contribution >= 4 is 67.9 Å². The number of amides is 2. The molecular formula is C34H42Cl2F3N7O7S. The number of pyridine rings is 1. The second-order valence-corrected chi connectivity index (χ2v) is 14.6. The van der Waals surface area contributed by atoms with Gasteiger partial charge >= 0.3 is 12.1 Å². The number of nitrogens with two attached hydrogens (primary N) is 2. The number of alkyl halides is 3. The molecule has 6 N–H and O–H groups in total. The number of sulfonamides is 1. The first-order valence-corrected chi connectivity index (χ1v) is 19.0. The second kappa shape index (κ2) is 19.8. The fourth-order valence-corrected chi connectivity index (χ4v) is 7.40. The van der Waals surface area contributed by atoms with E-state index in [1.165, 1.54) is 12.1 Å². The highest BCUT2D eigenvalue weighted by atomic mass is 35.5. The zero-order valence-corrected chi connectivity index (χ0v) is 31.9. The molecule has 3 aromatic rings. The zero-order valence-electron chi connectivity index (χ0n) is 29.5. The highest BCUT2D eigenvalue weighted by Crippen LogP contribution is 2.33. The van der Waals surface area contributed by atoms with Crippen LogP contribution in [0.3, 0.4) is 0 Å². The summed E-state index contributed by atoms with van der Waals surface area (Å²) in [7, 11) is -4.26. The molecule has 1 atom stereocenters. The number of rotatable bonds is 14. The van der Waals surface area contributed by atoms with Crippen molar-refractivity contribution in [3.63, 3.8) is 0 Å². The van der Waals surface area contributed by atoms with Gasteiger partial charge in [-0.05, 0) is 44.0 Å². The van der Waals surface area contributed by atoms with Crippen molar-refractivity contribution in [2.75, 3.05) is 32.7 Å². The molecule has 296 valence electrons. The zero-order chi connectivity index (χ0) is 40.2. The SMILES string of the molecule is CCCC[C@@H](NS(=O)(=O)c1ccc(Cl)c(COc2cccc3ccc(C)nc23)c1Cl)C(=O)N1CCN(C(=O)CCCN=C(N)N)CC1.O=C(O)C(F)(F)F. The molecule has 14 nitrogen and oxygen atoms in total. The van der Waals surface area contributed by atoms with Gasteiger partial charge in [-0.15, -0.1) is 0 Å². The maximum Gasteiger partial charge on any atom is 0.490 e. The van der Waals surface area contributed by atoms with Crippen LogP contribution in [0, 0.1) is 6.92 Å². The standard InChI is InChI=1S/C32H41Cl2N7O5S.C2HF3O2/c1-3-4-8-25(31(43)41-18-16-40(17-19-41)28(42)10-6-15-37-32(35)36)39-47(44,45)27-14-13-24(33)23(29(27)34)20-46-26-9-5-7-22-12-11-21(2)38-30(22)26;3-2(4,5)1(6)7/h5,7,9,11-14,25,39H,3-4,6,8,10,15-20H2,1-2H3,(H4,35,36,37);(H,6,7)/t25-;/m1./s1. The van der Waals surface area contributed by atoms with Crippen LogP contribution in [0.1, 0.15) is 50.3 Å². The molecule has 20 heteroatoms. The molecule has 0 spiro atoms. The van der Waals surface area contributed by atoms with Crippen molar-refractivity contribution < 1.29 is 45.8 Å². The summed E-state index contributed by atoms with van der Waals surface area (Å²) in [6, 6.07) is 11.1. The summed E-state index contributed by atoms with van der Waals surface area (Å²) >= 11 is 13.1. The van der Waals surface area contributed by atoms with Crippen LogP contribution >= 0.6 is 23.2 Å². The maximum atomic E-state index is 13.7. The Kier molecular flexibility index (Phi) is 16.1. The Balaban J connectivity index is 0.00000102. The number of aliphatic carboxylic acids is 1. The summed E-state index contributed by atoms with van der Waals surface area (Å²) in [5.74, 6) is -2.67. The lowest BCUT2D eigenvalue weighted by Gasteiger charge is -2.36. The summed E-state index contributed by atoms with van der Waals surface area (Å²) in [5, 5.41) is 8.16. The van der Waals surface area contributed by atoms with Crippen LogP contribution in [-0.4, -0.2) is 97.0 Å². The van der Waals surface area contributed by atoms with Gasteiger partial charge in [0.25, 0.3) is 0 Å². The largest absolute Gasteiger partial charge is 0.490 e. The maximum absolute atomic E-state index is 13.7. The fourth-order valence-electron chi connectivity index (χ4n) is 5.28. The van der Waals surface area contributed by atoms with Crippen molar-refractivity contribution in [3.8, 4) is 5.75 Å². The topological polar surface area (TPSA) is 211 Å². The van der Waals surface area contributed by atoms with Crippen LogP contribution in [0.5, 0.6) is 5.75 Å². The molecule has 0 saturated carbocycles. The van der Waals surface area contributed by atoms with Gasteiger partial charge < -0.3 is 31.1 Å². The van der Waals surface area contributed by atoms with Crippen molar-refractivity contribution in [1.29, 1.82) is 0 Å². The van der Waals surface area contributed by atoms with Gasteiger partial charge in [-0.25, -0.2) is 18.2 Å². The summed E-state index contributed by atoms with van der Waals surface area (Å²) in [4.78, 5) is 46.7. The molecule has 1 fully saturated rings. The van der Waals surface area contributed by atoms with Crippen LogP contribution in [0.4, 0.5) is 13.2 Å². The van der Waals surface area contributed by atoms with Gasteiger partial charge in [0, 0.05) is 60.8 Å². The molecule has 1 aliphatic heterocycles. The quantitative estimate of drug-likeness (QED) is 0.101. The Morgan fingerprint density at radius 3 is 2.30 bits per heavy atom. The van der Waals surface area contributed by atoms with E-state index >= 15 is 0 Å². The van der Waals surface area contributed by atoms with Gasteiger partial charge in [0.05, 0.1) is 5.02 Å². The van der Waals surface area contributed by atoms with Crippen molar-refractivity contribution in [2.24, 2.45) is 16.5 Å². The van der Waals surface area contributed by atoms with E-state index in [4.69, 9.17) is 49.3 Å². The number of carbonyl (C=O) groups is 3. The number of hydrogen-bond acceptors (Lipinski definition) is 8. The molecule has 2 amide bonds. The van der Waals surface area contributed by atoms with E-state index < -0.39 is 28.2 Å². The Bertz CT molecular complexity index is 1940. The molecule has 1 saturated heterocycles. The van der Waals surface area contributed by atoms with Gasteiger partial charge in [0.1, 0.15) is 28.8 Å². The molecule has 1 aromatic heterocycles. The van der Waals surface area contributed by atoms with Gasteiger partial charge in [-0.1, -0.05) is 61.2 Å². The first-order valence-electron chi connectivity index (χ1n) is 16.8. The third-order valence-electron chi connectivity index (χ3n) is 8.11. The van der Waals surface area contributed by atoms with Crippen LogP contribution in [0.25, 0.3) is 10.9 Å². The third kappa shape index (κ3) is 12.6. The number of para-hydroxylation sites is 1. The monoisotopic (exact) mass is 819 g/mol. The average Bonchev–Trinajstić information content (AvgIpc) is 3.11. The number of aromatic nitrogens is 1. The minimum atomic E-state index is -5.08. The number of carboxylic acids is 1. The van der Waals surface area contributed by atoms with Crippen molar-refractivity contribution in [3.05, 3.63) is 63.8 Å². The Labute approximate surface area is 320 Å². The summed E-state index contributed by atoms with van der Waals surface area (Å²) in [6.07, 6.45) is -2.60. The Morgan fingerprint density at radius 1 is 1.04 bits per heavy atom. The van der Waals surface area contributed by atoms with Crippen LogP contribution in [0.15, 0.2) is 52.4 Å². The smallest absolute Gasteiger partial charge is 0.487 e. The van der Waals surface area contributed by atoms with Gasteiger partial charge in [0.15, 0.2) is 5.96 Å². The number of nitrogens with zero attached hydrogens (tertiary/aromatic N) is 4. The minimum Gasteiger partial charge on any atom is -0.487 e. The van der Waals surface area contributed by atoms with Crippen LogP contribution in [-0.2, 0) is 31.0 Å². The van der Waals surface area contributed by atoms with E-state index in [1.807, 2.05) is 38.1 Å². The lowest BCUT2D eigenvalue weighted by molar-refractivity contribution is -0.192.